The van der Waals surface area contributed by atoms with Crippen LogP contribution in [0.4, 0.5) is 0 Å². The molecule has 0 spiro atoms. The van der Waals surface area contributed by atoms with Crippen LogP contribution in [0.15, 0.2) is 182 Å². The number of nitrogens with zero attached hydrogens (tertiary/aromatic N) is 4. The molecular weight excluding hydrogens is 657 g/mol. The highest BCUT2D eigenvalue weighted by molar-refractivity contribution is 6.29. The number of aromatic nitrogens is 4. The zero-order valence-electron chi connectivity index (χ0n) is 29.1. The summed E-state index contributed by atoms with van der Waals surface area (Å²) in [5.74, 6) is 0. The Labute approximate surface area is 309 Å². The molecule has 0 aliphatic heterocycles. The van der Waals surface area contributed by atoms with Gasteiger partial charge in [0.05, 0.1) is 45.0 Å². The quantitative estimate of drug-likeness (QED) is 0.173. The van der Waals surface area contributed by atoms with E-state index in [2.05, 4.69) is 185 Å². The van der Waals surface area contributed by atoms with E-state index in [0.717, 1.165) is 44.4 Å². The summed E-state index contributed by atoms with van der Waals surface area (Å²) in [7, 11) is 0. The number of hydrogen-bond acceptors (Lipinski definition) is 2. The minimum Gasteiger partial charge on any atom is -0.309 e. The van der Waals surface area contributed by atoms with Crippen molar-refractivity contribution in [2.45, 2.75) is 0 Å². The van der Waals surface area contributed by atoms with Crippen LogP contribution in [-0.2, 0) is 0 Å². The van der Waals surface area contributed by atoms with Gasteiger partial charge in [-0.15, -0.1) is 0 Å². The molecule has 0 N–H and O–H groups in total. The topological polar surface area (TPSA) is 35.6 Å². The largest absolute Gasteiger partial charge is 0.309 e. The van der Waals surface area contributed by atoms with Gasteiger partial charge in [-0.3, -0.25) is 4.98 Å². The number of fused-ring (bicyclic) bond motifs is 14. The third kappa shape index (κ3) is 4.08. The minimum absolute atomic E-state index is 0.853. The summed E-state index contributed by atoms with van der Waals surface area (Å²) in [5, 5.41) is 12.1. The van der Waals surface area contributed by atoms with Crippen molar-refractivity contribution in [2.75, 3.05) is 0 Å². The van der Waals surface area contributed by atoms with Crippen LogP contribution in [-0.4, -0.2) is 19.1 Å². The first-order valence-corrected chi connectivity index (χ1v) is 18.4. The van der Waals surface area contributed by atoms with Gasteiger partial charge in [0, 0.05) is 49.3 Å². The lowest BCUT2D eigenvalue weighted by atomic mass is 9.99. The molecule has 54 heavy (non-hydrogen) atoms. The Morgan fingerprint density at radius 2 is 0.889 bits per heavy atom. The third-order valence-corrected chi connectivity index (χ3v) is 11.3. The smallest absolute Gasteiger partial charge is 0.0979 e. The van der Waals surface area contributed by atoms with Crippen LogP contribution < -0.4 is 0 Å². The molecule has 3 aromatic heterocycles. The molecule has 4 heteroatoms. The van der Waals surface area contributed by atoms with Gasteiger partial charge in [0.1, 0.15) is 0 Å². The molecule has 0 aliphatic carbocycles. The lowest BCUT2D eigenvalue weighted by Gasteiger charge is -2.12. The van der Waals surface area contributed by atoms with E-state index in [9.17, 15) is 0 Å². The Morgan fingerprint density at radius 1 is 0.352 bits per heavy atom. The van der Waals surface area contributed by atoms with E-state index < -0.39 is 0 Å². The normalized spacial score (nSPS) is 12.1. The molecule has 0 saturated carbocycles. The summed E-state index contributed by atoms with van der Waals surface area (Å²) >= 11 is 0. The lowest BCUT2D eigenvalue weighted by Crippen LogP contribution is -1.96. The van der Waals surface area contributed by atoms with Crippen molar-refractivity contribution in [1.82, 2.24) is 19.1 Å². The van der Waals surface area contributed by atoms with E-state index in [0.29, 0.717) is 0 Å². The average molecular weight is 687 g/mol. The van der Waals surface area contributed by atoms with E-state index in [-0.39, 0.29) is 0 Å². The fourth-order valence-corrected chi connectivity index (χ4v) is 8.96. The van der Waals surface area contributed by atoms with Crippen LogP contribution in [0.25, 0.3) is 110 Å². The van der Waals surface area contributed by atoms with Crippen LogP contribution in [0.1, 0.15) is 0 Å². The second kappa shape index (κ2) is 11.1. The van der Waals surface area contributed by atoms with Crippen molar-refractivity contribution in [1.29, 1.82) is 0 Å². The van der Waals surface area contributed by atoms with Crippen LogP contribution >= 0.6 is 0 Å². The molecule has 3 heterocycles. The van der Waals surface area contributed by atoms with Gasteiger partial charge >= 0.3 is 0 Å². The molecule has 12 rings (SSSR count). The number of benzene rings is 9. The zero-order chi connectivity index (χ0) is 35.3. The molecule has 250 valence electrons. The van der Waals surface area contributed by atoms with Gasteiger partial charge in [-0.25, -0.2) is 4.98 Å². The summed E-state index contributed by atoms with van der Waals surface area (Å²) in [6, 6.07) is 63.4. The molecule has 4 nitrogen and oxygen atoms in total. The number of hydrogen-bond donors (Lipinski definition) is 0. The Hall–Kier alpha value is -7.30. The first-order valence-electron chi connectivity index (χ1n) is 18.4. The number of rotatable bonds is 3. The molecule has 0 fully saturated rings. The molecule has 0 unspecified atom stereocenters. The Bertz CT molecular complexity index is 3480. The van der Waals surface area contributed by atoms with Gasteiger partial charge < -0.3 is 9.13 Å². The Balaban J connectivity index is 1.10. The molecular formula is C50H30N4. The lowest BCUT2D eigenvalue weighted by molar-refractivity contribution is 1.17. The highest BCUT2D eigenvalue weighted by Gasteiger charge is 2.21. The zero-order valence-corrected chi connectivity index (χ0v) is 29.1. The highest BCUT2D eigenvalue weighted by atomic mass is 15.0. The minimum atomic E-state index is 0.853. The molecule has 0 aliphatic rings. The van der Waals surface area contributed by atoms with Crippen molar-refractivity contribution >= 4 is 87.0 Å². The summed E-state index contributed by atoms with van der Waals surface area (Å²) in [5.41, 5.74) is 10.7. The van der Waals surface area contributed by atoms with E-state index in [4.69, 9.17) is 9.97 Å². The van der Waals surface area contributed by atoms with Crippen molar-refractivity contribution < 1.29 is 0 Å². The van der Waals surface area contributed by atoms with Crippen molar-refractivity contribution in [3.8, 4) is 22.6 Å². The Morgan fingerprint density at radius 3 is 1.56 bits per heavy atom. The molecule has 0 bridgehead atoms. The number of para-hydroxylation sites is 2. The van der Waals surface area contributed by atoms with Gasteiger partial charge in [0.25, 0.3) is 0 Å². The Kier molecular flexibility index (Phi) is 6.02. The summed E-state index contributed by atoms with van der Waals surface area (Å²) < 4.78 is 4.84. The SMILES string of the molecule is c1cc(-c2cnc3c4ccccc4c4ccccc4c3n2)cc(-n2c3ccccc3c3c4c5ccccc5n(-c5ccc6ccccc6c5)c4ccc32)c1. The first-order chi connectivity index (χ1) is 26.8. The first kappa shape index (κ1) is 29.3. The van der Waals surface area contributed by atoms with E-state index in [1.165, 1.54) is 65.2 Å². The van der Waals surface area contributed by atoms with E-state index in [1.54, 1.807) is 0 Å². The fourth-order valence-electron chi connectivity index (χ4n) is 8.96. The maximum atomic E-state index is 5.32. The van der Waals surface area contributed by atoms with Crippen molar-refractivity contribution in [3.05, 3.63) is 182 Å². The van der Waals surface area contributed by atoms with Gasteiger partial charge in [-0.1, -0.05) is 127 Å². The summed E-state index contributed by atoms with van der Waals surface area (Å²) in [4.78, 5) is 10.4. The molecule has 0 radical (unpaired) electrons. The second-order valence-electron chi connectivity index (χ2n) is 14.2. The van der Waals surface area contributed by atoms with Crippen LogP contribution in [0.2, 0.25) is 0 Å². The average Bonchev–Trinajstić information content (AvgIpc) is 3.76. The van der Waals surface area contributed by atoms with Gasteiger partial charge in [0.15, 0.2) is 0 Å². The van der Waals surface area contributed by atoms with Crippen LogP contribution in [0.5, 0.6) is 0 Å². The molecule has 0 atom stereocenters. The molecule has 9 aromatic carbocycles. The molecule has 0 amide bonds. The predicted molar refractivity (Wildman–Crippen MR) is 226 cm³/mol. The second-order valence-corrected chi connectivity index (χ2v) is 14.2. The predicted octanol–water partition coefficient (Wildman–Crippen LogP) is 13.0. The highest BCUT2D eigenvalue weighted by Crippen LogP contribution is 2.43. The monoisotopic (exact) mass is 686 g/mol. The maximum Gasteiger partial charge on any atom is 0.0979 e. The fraction of sp³-hybridized carbons (Fsp3) is 0. The van der Waals surface area contributed by atoms with Crippen LogP contribution in [0.3, 0.4) is 0 Å². The standard InChI is InChI=1S/C50H30N4/c1-2-13-32-28-35(25-24-31(32)12-1)54-44-23-10-8-21-41(44)48-46(54)27-26-45-47(48)40-20-7-9-22-43(40)53(45)34-15-11-14-33(29-34)42-30-51-49-38-18-5-3-16-36(38)37-17-4-6-19-39(37)50(49)52-42/h1-30H. The van der Waals surface area contributed by atoms with Gasteiger partial charge in [-0.2, -0.15) is 0 Å². The molecule has 0 saturated heterocycles. The van der Waals surface area contributed by atoms with E-state index in [1.807, 2.05) is 6.20 Å². The van der Waals surface area contributed by atoms with Crippen molar-refractivity contribution in [2.24, 2.45) is 0 Å². The van der Waals surface area contributed by atoms with E-state index >= 15 is 0 Å². The third-order valence-electron chi connectivity index (χ3n) is 11.3. The van der Waals surface area contributed by atoms with Gasteiger partial charge in [-0.05, 0) is 70.1 Å². The van der Waals surface area contributed by atoms with Crippen LogP contribution in [0, 0.1) is 0 Å². The summed E-state index contributed by atoms with van der Waals surface area (Å²) in [6.45, 7) is 0. The molecule has 12 aromatic rings. The summed E-state index contributed by atoms with van der Waals surface area (Å²) in [6.07, 6.45) is 1.93. The van der Waals surface area contributed by atoms with Crippen molar-refractivity contribution in [3.63, 3.8) is 0 Å². The maximum absolute atomic E-state index is 5.32. The van der Waals surface area contributed by atoms with Gasteiger partial charge in [0.2, 0.25) is 0 Å².